The van der Waals surface area contributed by atoms with Gasteiger partial charge in [-0.15, -0.1) is 0 Å². The van der Waals surface area contributed by atoms with E-state index in [0.717, 1.165) is 53.5 Å². The smallest absolute Gasteiger partial charge is 0.326 e. The predicted octanol–water partition coefficient (Wildman–Crippen LogP) is 4.70. The number of esters is 2. The van der Waals surface area contributed by atoms with Crippen molar-refractivity contribution in [1.82, 2.24) is 19.8 Å². The summed E-state index contributed by atoms with van der Waals surface area (Å²) in [6.45, 7) is 9.69. The van der Waals surface area contributed by atoms with Gasteiger partial charge < -0.3 is 24.2 Å². The number of halogens is 1. The molecule has 1 atom stereocenters. The summed E-state index contributed by atoms with van der Waals surface area (Å²) >= 11 is 6.59. The van der Waals surface area contributed by atoms with Crippen LogP contribution in [0.5, 0.6) is 0 Å². The SMILES string of the molecule is CC[C@@]1(OC(=O)CNC(=O)CCC(C)=O)CC(=O)OCc2c1cc1n(c2=O)Cc2c-1nc1cc(Cl)c(C)cc1c2CN1CCC(C)CC1. The molecular formula is C36H41ClN4O7. The zero-order valence-corrected chi connectivity index (χ0v) is 28.6. The van der Waals surface area contributed by atoms with Gasteiger partial charge in [0.2, 0.25) is 5.91 Å². The molecule has 0 radical (unpaired) electrons. The van der Waals surface area contributed by atoms with Gasteiger partial charge in [0.25, 0.3) is 5.56 Å². The zero-order chi connectivity index (χ0) is 34.3. The predicted molar refractivity (Wildman–Crippen MR) is 179 cm³/mol. The molecule has 2 aromatic heterocycles. The second-order valence-electron chi connectivity index (χ2n) is 13.4. The minimum absolute atomic E-state index is 0.0513. The van der Waals surface area contributed by atoms with E-state index in [4.69, 9.17) is 26.1 Å². The highest BCUT2D eigenvalue weighted by Gasteiger charge is 2.44. The molecule has 3 aromatic rings. The molecule has 1 N–H and O–H groups in total. The molecule has 1 aromatic carbocycles. The molecule has 0 unspecified atom stereocenters. The lowest BCUT2D eigenvalue weighted by Gasteiger charge is -2.32. The van der Waals surface area contributed by atoms with Crippen LogP contribution in [-0.2, 0) is 53.9 Å². The number of rotatable bonds is 9. The number of aromatic nitrogens is 2. The topological polar surface area (TPSA) is 137 Å². The van der Waals surface area contributed by atoms with Crippen molar-refractivity contribution < 1.29 is 28.7 Å². The Bertz CT molecular complexity index is 1900. The monoisotopic (exact) mass is 676 g/mol. The van der Waals surface area contributed by atoms with Gasteiger partial charge in [0.1, 0.15) is 24.5 Å². The van der Waals surface area contributed by atoms with Crippen LogP contribution in [0.3, 0.4) is 0 Å². The molecule has 11 nitrogen and oxygen atoms in total. The first-order valence-electron chi connectivity index (χ1n) is 16.6. The first kappa shape index (κ1) is 33.8. The van der Waals surface area contributed by atoms with E-state index >= 15 is 0 Å². The van der Waals surface area contributed by atoms with Gasteiger partial charge in [0, 0.05) is 40.9 Å². The van der Waals surface area contributed by atoms with E-state index in [0.29, 0.717) is 41.0 Å². The van der Waals surface area contributed by atoms with E-state index < -0.39 is 30.0 Å². The van der Waals surface area contributed by atoms with E-state index in [-0.39, 0.29) is 49.2 Å². The molecule has 0 bridgehead atoms. The summed E-state index contributed by atoms with van der Waals surface area (Å²) in [4.78, 5) is 71.3. The molecule has 3 aliphatic heterocycles. The lowest BCUT2D eigenvalue weighted by Crippen LogP contribution is -2.40. The number of piperidine rings is 1. The average molecular weight is 677 g/mol. The van der Waals surface area contributed by atoms with Gasteiger partial charge in [0.05, 0.1) is 35.4 Å². The van der Waals surface area contributed by atoms with Crippen LogP contribution in [0.4, 0.5) is 0 Å². The Kier molecular flexibility index (Phi) is 9.46. The Hall–Kier alpha value is -4.09. The fraction of sp³-hybridized carbons (Fsp3) is 0.500. The fourth-order valence-corrected chi connectivity index (χ4v) is 7.22. The van der Waals surface area contributed by atoms with E-state index in [9.17, 15) is 24.0 Å². The molecule has 1 saturated heterocycles. The molecule has 6 rings (SSSR count). The number of carbonyl (C=O) groups excluding carboxylic acids is 4. The highest BCUT2D eigenvalue weighted by atomic mass is 35.5. The minimum atomic E-state index is -1.51. The second kappa shape index (κ2) is 13.4. The van der Waals surface area contributed by atoms with E-state index in [2.05, 4.69) is 23.2 Å². The lowest BCUT2D eigenvalue weighted by molar-refractivity contribution is -0.167. The van der Waals surface area contributed by atoms with Crippen LogP contribution in [0.1, 0.15) is 87.1 Å². The van der Waals surface area contributed by atoms with Gasteiger partial charge in [-0.05, 0) is 81.4 Å². The van der Waals surface area contributed by atoms with Gasteiger partial charge in [-0.1, -0.05) is 25.4 Å². The van der Waals surface area contributed by atoms with Crippen LogP contribution in [0, 0.1) is 12.8 Å². The number of likely N-dealkylation sites (tertiary alicyclic amines) is 1. The summed E-state index contributed by atoms with van der Waals surface area (Å²) in [7, 11) is 0. The highest BCUT2D eigenvalue weighted by molar-refractivity contribution is 6.32. The quantitative estimate of drug-likeness (QED) is 0.250. The standard InChI is InChI=1S/C36H41ClN4O7/c1-5-36(48-33(45)16-38-31(43)7-6-22(4)42)15-32(44)47-19-26-27(36)13-30-34-25(18-41(30)35(26)46)24(17-40-10-8-20(2)9-11-40)23-12-21(3)28(37)14-29(23)39-34/h12-14,20H,5-11,15-19H2,1-4H3,(H,38,43)/t36-/m1/s1. The molecule has 0 spiro atoms. The maximum Gasteiger partial charge on any atom is 0.326 e. The molecule has 48 heavy (non-hydrogen) atoms. The number of Topliss-reactive ketones (excluding diaryl/α,β-unsaturated/α-hetero) is 1. The van der Waals surface area contributed by atoms with Crippen LogP contribution in [-0.4, -0.2) is 57.7 Å². The van der Waals surface area contributed by atoms with Crippen molar-refractivity contribution >= 4 is 46.1 Å². The number of cyclic esters (lactones) is 1. The summed E-state index contributed by atoms with van der Waals surface area (Å²) in [5.74, 6) is -1.30. The molecule has 1 fully saturated rings. The van der Waals surface area contributed by atoms with Crippen molar-refractivity contribution in [2.75, 3.05) is 19.6 Å². The number of pyridine rings is 2. The third-order valence-electron chi connectivity index (χ3n) is 10.0. The number of nitrogens with zero attached hydrogens (tertiary/aromatic N) is 3. The summed E-state index contributed by atoms with van der Waals surface area (Å²) in [5.41, 5.74) is 3.78. The van der Waals surface area contributed by atoms with Crippen molar-refractivity contribution in [3.8, 4) is 11.4 Å². The molecule has 1 amide bonds. The molecule has 0 aliphatic carbocycles. The maximum atomic E-state index is 14.3. The number of ketones is 1. The molecule has 254 valence electrons. The number of fused-ring (bicyclic) bond motifs is 5. The lowest BCUT2D eigenvalue weighted by atomic mass is 9.85. The van der Waals surface area contributed by atoms with Crippen LogP contribution in [0.25, 0.3) is 22.3 Å². The van der Waals surface area contributed by atoms with Crippen molar-refractivity contribution in [2.45, 2.75) is 91.5 Å². The Morgan fingerprint density at radius 1 is 1.12 bits per heavy atom. The summed E-state index contributed by atoms with van der Waals surface area (Å²) in [5, 5.41) is 4.09. The number of hydrogen-bond donors (Lipinski definition) is 1. The van der Waals surface area contributed by atoms with Gasteiger partial charge in [-0.25, -0.2) is 4.98 Å². The second-order valence-corrected chi connectivity index (χ2v) is 13.9. The van der Waals surface area contributed by atoms with Crippen molar-refractivity contribution in [2.24, 2.45) is 5.92 Å². The van der Waals surface area contributed by atoms with Crippen molar-refractivity contribution in [3.63, 3.8) is 0 Å². The Morgan fingerprint density at radius 3 is 2.58 bits per heavy atom. The summed E-state index contributed by atoms with van der Waals surface area (Å²) in [6, 6.07) is 5.76. The van der Waals surface area contributed by atoms with Crippen LogP contribution >= 0.6 is 11.6 Å². The first-order chi connectivity index (χ1) is 22.9. The Balaban J connectivity index is 1.43. The minimum Gasteiger partial charge on any atom is -0.460 e. The number of ether oxygens (including phenoxy) is 2. The number of benzene rings is 1. The van der Waals surface area contributed by atoms with Gasteiger partial charge >= 0.3 is 11.9 Å². The average Bonchev–Trinajstić information content (AvgIpc) is 3.35. The largest absolute Gasteiger partial charge is 0.460 e. The van der Waals surface area contributed by atoms with Gasteiger partial charge in [-0.2, -0.15) is 0 Å². The van der Waals surface area contributed by atoms with Gasteiger partial charge in [0.15, 0.2) is 0 Å². The number of hydrogen-bond acceptors (Lipinski definition) is 9. The number of amides is 1. The van der Waals surface area contributed by atoms with Crippen LogP contribution in [0.2, 0.25) is 5.02 Å². The summed E-state index contributed by atoms with van der Waals surface area (Å²) in [6.07, 6.45) is 2.14. The van der Waals surface area contributed by atoms with Crippen LogP contribution < -0.4 is 10.9 Å². The zero-order valence-electron chi connectivity index (χ0n) is 27.9. The molecule has 3 aliphatic rings. The molecule has 5 heterocycles. The molecule has 12 heteroatoms. The maximum absolute atomic E-state index is 14.3. The molecule has 0 saturated carbocycles. The highest BCUT2D eigenvalue weighted by Crippen LogP contribution is 2.43. The van der Waals surface area contributed by atoms with Gasteiger partial charge in [-0.3, -0.25) is 24.1 Å². The normalized spacial score (nSPS) is 19.2. The fourth-order valence-electron chi connectivity index (χ4n) is 7.07. The summed E-state index contributed by atoms with van der Waals surface area (Å²) < 4.78 is 13.1. The van der Waals surface area contributed by atoms with E-state index in [1.807, 2.05) is 19.1 Å². The van der Waals surface area contributed by atoms with Crippen LogP contribution in [0.15, 0.2) is 23.0 Å². The third kappa shape index (κ3) is 6.50. The van der Waals surface area contributed by atoms with Crippen molar-refractivity contribution in [1.29, 1.82) is 0 Å². The van der Waals surface area contributed by atoms with Crippen molar-refractivity contribution in [3.05, 3.63) is 61.4 Å². The Labute approximate surface area is 283 Å². The number of aryl methyl sites for hydroxylation is 1. The van der Waals surface area contributed by atoms with E-state index in [1.54, 1.807) is 11.5 Å². The third-order valence-corrected chi connectivity index (χ3v) is 10.4. The number of carbonyl (C=O) groups is 4. The Morgan fingerprint density at radius 2 is 1.88 bits per heavy atom. The number of nitrogens with one attached hydrogen (secondary N) is 1. The first-order valence-corrected chi connectivity index (χ1v) is 17.0. The molecular weight excluding hydrogens is 636 g/mol. The van der Waals surface area contributed by atoms with E-state index in [1.165, 1.54) is 6.92 Å².